The summed E-state index contributed by atoms with van der Waals surface area (Å²) in [7, 11) is -3.18. The van der Waals surface area contributed by atoms with E-state index >= 15 is 0 Å². The van der Waals surface area contributed by atoms with Crippen LogP contribution in [-0.2, 0) is 29.6 Å². The Morgan fingerprint density at radius 2 is 1.73 bits per heavy atom. The number of carbonyl (C=O) groups excluding carboxylic acids is 2. The van der Waals surface area contributed by atoms with Crippen molar-refractivity contribution >= 4 is 39.0 Å². The zero-order valence-corrected chi connectivity index (χ0v) is 17.9. The molecule has 4 rings (SSSR count). The van der Waals surface area contributed by atoms with Crippen molar-refractivity contribution in [3.8, 4) is 0 Å². The number of amides is 1. The Hall–Kier alpha value is -2.38. The Balaban J connectivity index is 1.48. The van der Waals surface area contributed by atoms with Gasteiger partial charge in [0.2, 0.25) is 0 Å². The highest BCUT2D eigenvalue weighted by atomic mass is 35.5. The summed E-state index contributed by atoms with van der Waals surface area (Å²) in [5, 5.41) is 0.586. The van der Waals surface area contributed by atoms with Crippen LogP contribution in [0.4, 0.5) is 5.69 Å². The van der Waals surface area contributed by atoms with Gasteiger partial charge in [-0.2, -0.15) is 0 Å². The Morgan fingerprint density at radius 1 is 1.07 bits per heavy atom. The van der Waals surface area contributed by atoms with Crippen LogP contribution in [0.15, 0.2) is 54.6 Å². The number of benzene rings is 2. The van der Waals surface area contributed by atoms with E-state index in [9.17, 15) is 18.0 Å². The van der Waals surface area contributed by atoms with Gasteiger partial charge in [-0.25, -0.2) is 8.42 Å². The molecule has 0 N–H and O–H groups in total. The molecule has 1 aliphatic heterocycles. The van der Waals surface area contributed by atoms with E-state index in [2.05, 4.69) is 0 Å². The number of nitrogens with zero attached hydrogens (tertiary/aromatic N) is 1. The van der Waals surface area contributed by atoms with Crippen LogP contribution in [0.3, 0.4) is 0 Å². The molecule has 2 fully saturated rings. The molecule has 158 valence electrons. The van der Waals surface area contributed by atoms with Crippen LogP contribution in [0.25, 0.3) is 0 Å². The molecule has 1 saturated heterocycles. The van der Waals surface area contributed by atoms with Gasteiger partial charge in [-0.3, -0.25) is 9.59 Å². The molecule has 30 heavy (non-hydrogen) atoms. The van der Waals surface area contributed by atoms with Crippen molar-refractivity contribution in [2.45, 2.75) is 30.7 Å². The van der Waals surface area contributed by atoms with Crippen LogP contribution < -0.4 is 4.90 Å². The van der Waals surface area contributed by atoms with Gasteiger partial charge in [0.15, 0.2) is 16.4 Å². The summed E-state index contributed by atoms with van der Waals surface area (Å²) in [4.78, 5) is 27.2. The molecule has 1 heterocycles. The molecule has 2 aromatic carbocycles. The first-order chi connectivity index (χ1) is 14.3. The topological polar surface area (TPSA) is 80.8 Å². The molecule has 0 bridgehead atoms. The molecule has 1 amide bonds. The van der Waals surface area contributed by atoms with Crippen LogP contribution >= 0.6 is 11.6 Å². The minimum atomic E-state index is -3.18. The number of hydrogen-bond donors (Lipinski definition) is 0. The maximum atomic E-state index is 13.0. The van der Waals surface area contributed by atoms with Gasteiger partial charge in [-0.05, 0) is 49.1 Å². The maximum absolute atomic E-state index is 13.0. The zero-order valence-electron chi connectivity index (χ0n) is 16.3. The average molecular weight is 448 g/mol. The second-order valence-electron chi connectivity index (χ2n) is 7.82. The smallest absolute Gasteiger partial charge is 0.317 e. The van der Waals surface area contributed by atoms with Crippen LogP contribution in [0.2, 0.25) is 5.02 Å². The SMILES string of the molecule is O=C(COC(=O)C1(c2ccc(Cl)cc2)CC1)N(c1ccccc1)C1CCS(=O)(=O)C1. The van der Waals surface area contributed by atoms with Gasteiger partial charge >= 0.3 is 5.97 Å². The van der Waals surface area contributed by atoms with Gasteiger partial charge in [-0.1, -0.05) is 41.9 Å². The fraction of sp³-hybridized carbons (Fsp3) is 0.364. The van der Waals surface area contributed by atoms with E-state index in [1.807, 2.05) is 6.07 Å². The predicted octanol–water partition coefficient (Wildman–Crippen LogP) is 3.14. The first kappa shape index (κ1) is 20.9. The summed E-state index contributed by atoms with van der Waals surface area (Å²) in [6, 6.07) is 15.5. The highest BCUT2D eigenvalue weighted by Crippen LogP contribution is 2.49. The molecule has 2 aromatic rings. The Labute approximate surface area is 180 Å². The molecular weight excluding hydrogens is 426 g/mol. The average Bonchev–Trinajstić information content (AvgIpc) is 3.46. The van der Waals surface area contributed by atoms with Gasteiger partial charge in [0, 0.05) is 10.7 Å². The third-order valence-electron chi connectivity index (χ3n) is 5.74. The van der Waals surface area contributed by atoms with E-state index < -0.39 is 39.8 Å². The molecule has 6 nitrogen and oxygen atoms in total. The van der Waals surface area contributed by atoms with E-state index in [4.69, 9.17) is 16.3 Å². The van der Waals surface area contributed by atoms with Crippen LogP contribution in [0, 0.1) is 0 Å². The number of halogens is 1. The van der Waals surface area contributed by atoms with E-state index in [0.717, 1.165) is 5.56 Å². The lowest BCUT2D eigenvalue weighted by atomic mass is 9.96. The minimum Gasteiger partial charge on any atom is -0.455 e. The number of sulfone groups is 1. The van der Waals surface area contributed by atoms with Crippen molar-refractivity contribution in [1.82, 2.24) is 0 Å². The summed E-state index contributed by atoms with van der Waals surface area (Å²) in [5.41, 5.74) is 0.699. The summed E-state index contributed by atoms with van der Waals surface area (Å²) >= 11 is 5.93. The molecule has 8 heteroatoms. The minimum absolute atomic E-state index is 0.0494. The van der Waals surface area contributed by atoms with Crippen molar-refractivity contribution in [3.63, 3.8) is 0 Å². The lowest BCUT2D eigenvalue weighted by molar-refractivity contribution is -0.150. The monoisotopic (exact) mass is 447 g/mol. The molecular formula is C22H22ClNO5S. The Kier molecular flexibility index (Phi) is 5.59. The van der Waals surface area contributed by atoms with Crippen molar-refractivity contribution in [2.24, 2.45) is 0 Å². The number of ether oxygens (including phenoxy) is 1. The second kappa shape index (κ2) is 8.04. The highest BCUT2D eigenvalue weighted by molar-refractivity contribution is 7.91. The zero-order chi connectivity index (χ0) is 21.4. The molecule has 0 spiro atoms. The number of carbonyl (C=O) groups is 2. The molecule has 0 radical (unpaired) electrons. The maximum Gasteiger partial charge on any atom is 0.317 e. The third-order valence-corrected chi connectivity index (χ3v) is 7.74. The normalized spacial score (nSPS) is 21.0. The number of para-hydroxylation sites is 1. The number of rotatable bonds is 6. The largest absolute Gasteiger partial charge is 0.455 e. The number of esters is 1. The van der Waals surface area contributed by atoms with Gasteiger partial charge < -0.3 is 9.64 Å². The van der Waals surface area contributed by atoms with E-state index in [1.54, 1.807) is 48.5 Å². The van der Waals surface area contributed by atoms with Crippen LogP contribution in [0.1, 0.15) is 24.8 Å². The van der Waals surface area contributed by atoms with Gasteiger partial charge in [0.1, 0.15) is 0 Å². The summed E-state index contributed by atoms with van der Waals surface area (Å²) < 4.78 is 29.3. The summed E-state index contributed by atoms with van der Waals surface area (Å²) in [5.74, 6) is -0.905. The van der Waals surface area contributed by atoms with Gasteiger partial charge in [0.25, 0.3) is 5.91 Å². The molecule has 1 aliphatic carbocycles. The number of anilines is 1. The number of hydrogen-bond acceptors (Lipinski definition) is 5. The molecule has 1 saturated carbocycles. The van der Waals surface area contributed by atoms with Gasteiger partial charge in [0.05, 0.1) is 23.0 Å². The lowest BCUT2D eigenvalue weighted by Crippen LogP contribution is -2.44. The summed E-state index contributed by atoms with van der Waals surface area (Å²) in [6.45, 7) is -0.431. The third kappa shape index (κ3) is 4.23. The van der Waals surface area contributed by atoms with Crippen molar-refractivity contribution in [1.29, 1.82) is 0 Å². The van der Waals surface area contributed by atoms with Crippen LogP contribution in [-0.4, -0.2) is 44.4 Å². The van der Waals surface area contributed by atoms with Crippen molar-refractivity contribution in [2.75, 3.05) is 23.0 Å². The molecule has 1 atom stereocenters. The lowest BCUT2D eigenvalue weighted by Gasteiger charge is -2.28. The first-order valence-electron chi connectivity index (χ1n) is 9.82. The summed E-state index contributed by atoms with van der Waals surface area (Å²) in [6.07, 6.45) is 1.68. The predicted molar refractivity (Wildman–Crippen MR) is 114 cm³/mol. The Morgan fingerprint density at radius 3 is 2.30 bits per heavy atom. The fourth-order valence-electron chi connectivity index (χ4n) is 3.97. The quantitative estimate of drug-likeness (QED) is 0.635. The Bertz CT molecular complexity index is 1050. The fourth-order valence-corrected chi connectivity index (χ4v) is 5.79. The van der Waals surface area contributed by atoms with E-state index in [1.165, 1.54) is 4.90 Å². The van der Waals surface area contributed by atoms with Crippen molar-refractivity contribution < 1.29 is 22.7 Å². The van der Waals surface area contributed by atoms with Crippen molar-refractivity contribution in [3.05, 3.63) is 65.2 Å². The van der Waals surface area contributed by atoms with Crippen LogP contribution in [0.5, 0.6) is 0 Å². The molecule has 2 aliphatic rings. The highest BCUT2D eigenvalue weighted by Gasteiger charge is 2.53. The standard InChI is InChI=1S/C22H22ClNO5S/c23-17-8-6-16(7-9-17)22(11-12-22)21(26)29-14-20(25)24(18-4-2-1-3-5-18)19-10-13-30(27,28)15-19/h1-9,19H,10-15H2. The van der Waals surface area contributed by atoms with E-state index in [-0.39, 0.29) is 11.5 Å². The molecule has 1 unspecified atom stereocenters. The first-order valence-corrected chi connectivity index (χ1v) is 12.0. The second-order valence-corrected chi connectivity index (χ2v) is 10.5. The molecule has 0 aromatic heterocycles. The van der Waals surface area contributed by atoms with E-state index in [0.29, 0.717) is 30.0 Å². The van der Waals surface area contributed by atoms with Gasteiger partial charge in [-0.15, -0.1) is 0 Å².